The molecule has 4 aromatic carbocycles. The average molecular weight is 559 g/mol. The Balaban J connectivity index is 0.00000441. The molecule has 0 aromatic heterocycles. The van der Waals surface area contributed by atoms with Crippen molar-refractivity contribution in [2.24, 2.45) is 0 Å². The molecule has 0 saturated heterocycles. The van der Waals surface area contributed by atoms with Gasteiger partial charge in [-0.15, -0.1) is 12.4 Å². The Bertz CT molecular complexity index is 1500. The van der Waals surface area contributed by atoms with Gasteiger partial charge in [0.15, 0.2) is 0 Å². The molecule has 7 heteroatoms. The van der Waals surface area contributed by atoms with Crippen molar-refractivity contribution < 1.29 is 19.4 Å². The standard InChI is InChI=1S/C33H34N2O4.ClH/c1-4-38-32(37)30-12-8-7-11-29(30)26-15-16-27(20-34)31(18-26)39-22-28(36)21-35-33(2,3)19-23-13-14-24-9-5-6-10-25(24)17-23;/h5-18,28,35-36H,4,19,21-22H2,1-3H3;1H/t28-;/m1./s1. The molecule has 208 valence electrons. The van der Waals surface area contributed by atoms with E-state index in [4.69, 9.17) is 9.47 Å². The third-order valence-electron chi connectivity index (χ3n) is 6.54. The van der Waals surface area contributed by atoms with Gasteiger partial charge in [0.1, 0.15) is 24.5 Å². The lowest BCUT2D eigenvalue weighted by atomic mass is 9.93. The van der Waals surface area contributed by atoms with Gasteiger partial charge < -0.3 is 19.9 Å². The number of halogens is 1. The molecule has 0 fully saturated rings. The van der Waals surface area contributed by atoms with Crippen LogP contribution in [0.25, 0.3) is 21.9 Å². The van der Waals surface area contributed by atoms with Gasteiger partial charge in [-0.05, 0) is 72.9 Å². The summed E-state index contributed by atoms with van der Waals surface area (Å²) in [4.78, 5) is 12.4. The number of hydrogen-bond donors (Lipinski definition) is 2. The van der Waals surface area contributed by atoms with Crippen LogP contribution in [-0.2, 0) is 11.2 Å². The minimum Gasteiger partial charge on any atom is -0.489 e. The predicted molar refractivity (Wildman–Crippen MR) is 161 cm³/mol. The first-order valence-electron chi connectivity index (χ1n) is 13.1. The van der Waals surface area contributed by atoms with Crippen LogP contribution in [0.1, 0.15) is 42.3 Å². The highest BCUT2D eigenvalue weighted by atomic mass is 35.5. The number of hydrogen-bond acceptors (Lipinski definition) is 6. The maximum Gasteiger partial charge on any atom is 0.338 e. The number of carbonyl (C=O) groups excluding carboxylic acids is 1. The van der Waals surface area contributed by atoms with Gasteiger partial charge in [-0.2, -0.15) is 5.26 Å². The fraction of sp³-hybridized carbons (Fsp3) is 0.273. The molecule has 0 aliphatic carbocycles. The second kappa shape index (κ2) is 14.0. The lowest BCUT2D eigenvalue weighted by molar-refractivity contribution is 0.0527. The Morgan fingerprint density at radius 2 is 1.73 bits per heavy atom. The lowest BCUT2D eigenvalue weighted by Gasteiger charge is -2.28. The molecule has 4 rings (SSSR count). The first-order valence-corrected chi connectivity index (χ1v) is 13.1. The molecule has 0 aliphatic heterocycles. The maximum absolute atomic E-state index is 12.4. The number of nitriles is 1. The van der Waals surface area contributed by atoms with E-state index < -0.39 is 12.1 Å². The largest absolute Gasteiger partial charge is 0.489 e. The van der Waals surface area contributed by atoms with E-state index in [2.05, 4.69) is 55.6 Å². The summed E-state index contributed by atoms with van der Waals surface area (Å²) >= 11 is 0. The zero-order valence-electron chi connectivity index (χ0n) is 23.0. The highest BCUT2D eigenvalue weighted by Crippen LogP contribution is 2.30. The van der Waals surface area contributed by atoms with Crippen LogP contribution in [0.2, 0.25) is 0 Å². The van der Waals surface area contributed by atoms with Crippen LogP contribution < -0.4 is 10.1 Å². The Morgan fingerprint density at radius 3 is 2.48 bits per heavy atom. The van der Waals surface area contributed by atoms with Crippen molar-refractivity contribution >= 4 is 29.1 Å². The number of esters is 1. The van der Waals surface area contributed by atoms with E-state index in [9.17, 15) is 15.2 Å². The molecule has 1 atom stereocenters. The van der Waals surface area contributed by atoms with Crippen molar-refractivity contribution in [3.05, 3.63) is 102 Å². The zero-order chi connectivity index (χ0) is 27.8. The van der Waals surface area contributed by atoms with Gasteiger partial charge >= 0.3 is 5.97 Å². The fourth-order valence-corrected chi connectivity index (χ4v) is 4.58. The number of aliphatic hydroxyl groups is 1. The van der Waals surface area contributed by atoms with Crippen LogP contribution in [0.4, 0.5) is 0 Å². The third kappa shape index (κ3) is 7.83. The molecular weight excluding hydrogens is 524 g/mol. The summed E-state index contributed by atoms with van der Waals surface area (Å²) < 4.78 is 11.1. The SMILES string of the molecule is CCOC(=O)c1ccccc1-c1ccc(C#N)c(OC[C@H](O)CNC(C)(C)Cc2ccc3ccccc3c2)c1.Cl. The highest BCUT2D eigenvalue weighted by Gasteiger charge is 2.20. The predicted octanol–water partition coefficient (Wildman–Crippen LogP) is 6.33. The third-order valence-corrected chi connectivity index (χ3v) is 6.54. The molecule has 0 amide bonds. The molecule has 0 heterocycles. The smallest absolute Gasteiger partial charge is 0.338 e. The maximum atomic E-state index is 12.4. The van der Waals surface area contributed by atoms with Crippen LogP contribution in [0, 0.1) is 11.3 Å². The molecule has 0 aliphatic rings. The van der Waals surface area contributed by atoms with Crippen molar-refractivity contribution in [1.82, 2.24) is 5.32 Å². The summed E-state index contributed by atoms with van der Waals surface area (Å²) in [6.45, 7) is 6.59. The molecule has 0 spiro atoms. The summed E-state index contributed by atoms with van der Waals surface area (Å²) in [6, 6.07) is 29.2. The van der Waals surface area contributed by atoms with Crippen LogP contribution >= 0.6 is 12.4 Å². The van der Waals surface area contributed by atoms with Gasteiger partial charge in [-0.3, -0.25) is 0 Å². The van der Waals surface area contributed by atoms with Crippen molar-refractivity contribution in [3.8, 4) is 22.9 Å². The minimum atomic E-state index is -0.789. The van der Waals surface area contributed by atoms with Gasteiger partial charge in [0.25, 0.3) is 0 Å². The molecule has 0 saturated carbocycles. The molecule has 0 unspecified atom stereocenters. The lowest BCUT2D eigenvalue weighted by Crippen LogP contribution is -2.46. The van der Waals surface area contributed by atoms with Crippen LogP contribution in [0.5, 0.6) is 5.75 Å². The second-order valence-corrected chi connectivity index (χ2v) is 10.2. The molecule has 0 bridgehead atoms. The number of fused-ring (bicyclic) bond motifs is 1. The van der Waals surface area contributed by atoms with E-state index in [1.54, 1.807) is 37.3 Å². The van der Waals surface area contributed by atoms with Gasteiger partial charge in [-0.25, -0.2) is 4.79 Å². The quantitative estimate of drug-likeness (QED) is 0.209. The molecule has 0 radical (unpaired) electrons. The van der Waals surface area contributed by atoms with Gasteiger partial charge in [0, 0.05) is 12.1 Å². The van der Waals surface area contributed by atoms with E-state index in [1.807, 2.05) is 24.3 Å². The second-order valence-electron chi connectivity index (χ2n) is 10.2. The van der Waals surface area contributed by atoms with Crippen molar-refractivity contribution in [2.45, 2.75) is 38.8 Å². The van der Waals surface area contributed by atoms with Gasteiger partial charge in [0.2, 0.25) is 0 Å². The fourth-order valence-electron chi connectivity index (χ4n) is 4.58. The zero-order valence-corrected chi connectivity index (χ0v) is 23.8. The summed E-state index contributed by atoms with van der Waals surface area (Å²) in [5.41, 5.74) is 3.16. The van der Waals surface area contributed by atoms with Crippen molar-refractivity contribution in [2.75, 3.05) is 19.8 Å². The number of nitrogens with zero attached hydrogens (tertiary/aromatic N) is 1. The topological polar surface area (TPSA) is 91.6 Å². The summed E-state index contributed by atoms with van der Waals surface area (Å²) in [7, 11) is 0. The number of aliphatic hydroxyl groups excluding tert-OH is 1. The van der Waals surface area contributed by atoms with Crippen LogP contribution in [0.3, 0.4) is 0 Å². The molecule has 40 heavy (non-hydrogen) atoms. The van der Waals surface area contributed by atoms with Crippen LogP contribution in [-0.4, -0.2) is 42.5 Å². The van der Waals surface area contributed by atoms with E-state index in [-0.39, 0.29) is 31.2 Å². The Labute approximate surface area is 242 Å². The number of rotatable bonds is 11. The first kappa shape index (κ1) is 30.6. The summed E-state index contributed by atoms with van der Waals surface area (Å²) in [6.07, 6.45) is 0.00855. The van der Waals surface area contributed by atoms with E-state index in [1.165, 1.54) is 16.3 Å². The molecular formula is C33H35ClN2O4. The molecule has 4 aromatic rings. The number of nitrogens with one attached hydrogen (secondary N) is 1. The summed E-state index contributed by atoms with van der Waals surface area (Å²) in [5.74, 6) is -0.0594. The number of benzene rings is 4. The molecule has 2 N–H and O–H groups in total. The van der Waals surface area contributed by atoms with E-state index in [0.29, 0.717) is 29.0 Å². The van der Waals surface area contributed by atoms with Crippen LogP contribution in [0.15, 0.2) is 84.9 Å². The normalized spacial score (nSPS) is 11.8. The monoisotopic (exact) mass is 558 g/mol. The van der Waals surface area contributed by atoms with Gasteiger partial charge in [-0.1, -0.05) is 66.7 Å². The first-order chi connectivity index (χ1) is 18.8. The number of β-amino-alcohol motifs (C(OH)–C–C–N with tert-alkyl or cyclic N) is 1. The van der Waals surface area contributed by atoms with E-state index in [0.717, 1.165) is 12.0 Å². The van der Waals surface area contributed by atoms with Gasteiger partial charge in [0.05, 0.1) is 17.7 Å². The van der Waals surface area contributed by atoms with Crippen molar-refractivity contribution in [3.63, 3.8) is 0 Å². The number of carbonyl (C=O) groups is 1. The Kier molecular flexibility index (Phi) is 10.7. The highest BCUT2D eigenvalue weighted by molar-refractivity contribution is 5.97. The Morgan fingerprint density at radius 1 is 1.00 bits per heavy atom. The summed E-state index contributed by atoms with van der Waals surface area (Å²) in [5, 5.41) is 26.1. The average Bonchev–Trinajstić information content (AvgIpc) is 2.94. The van der Waals surface area contributed by atoms with E-state index >= 15 is 0 Å². The number of ether oxygens (including phenoxy) is 2. The Hall–Kier alpha value is -3.89. The van der Waals surface area contributed by atoms with Crippen molar-refractivity contribution in [1.29, 1.82) is 5.26 Å². The minimum absolute atomic E-state index is 0. The molecule has 6 nitrogen and oxygen atoms in total.